The minimum absolute atomic E-state index is 0.210. The molecule has 1 saturated heterocycles. The Balaban J connectivity index is 2.20. The van der Waals surface area contributed by atoms with Crippen molar-refractivity contribution in [3.63, 3.8) is 0 Å². The lowest BCUT2D eigenvalue weighted by molar-refractivity contribution is -0.140. The fourth-order valence-electron chi connectivity index (χ4n) is 1.62. The average Bonchev–Trinajstić information content (AvgIpc) is 2.67. The fraction of sp³-hybridized carbons (Fsp3) is 0.154. The van der Waals surface area contributed by atoms with Gasteiger partial charge in [-0.1, -0.05) is 12.1 Å². The van der Waals surface area contributed by atoms with Crippen LogP contribution in [-0.4, -0.2) is 40.8 Å². The fourth-order valence-corrected chi connectivity index (χ4v) is 2.46. The molecule has 0 aromatic heterocycles. The molecule has 7 heteroatoms. The number of thioether (sulfide) groups is 1. The van der Waals surface area contributed by atoms with E-state index in [4.69, 9.17) is 9.84 Å². The molecule has 1 aromatic rings. The molecule has 2 amide bonds. The van der Waals surface area contributed by atoms with E-state index in [1.165, 1.54) is 0 Å². The molecule has 1 aromatic carbocycles. The van der Waals surface area contributed by atoms with Gasteiger partial charge in [-0.15, -0.1) is 0 Å². The van der Waals surface area contributed by atoms with Gasteiger partial charge < -0.3 is 9.84 Å². The molecule has 6 nitrogen and oxygen atoms in total. The number of methoxy groups -OCH3 is 1. The van der Waals surface area contributed by atoms with E-state index < -0.39 is 23.7 Å². The molecule has 20 heavy (non-hydrogen) atoms. The van der Waals surface area contributed by atoms with Crippen molar-refractivity contribution in [3.8, 4) is 5.75 Å². The van der Waals surface area contributed by atoms with E-state index >= 15 is 0 Å². The number of carboxylic acid groups (broad SMARTS) is 1. The third kappa shape index (κ3) is 3.00. The van der Waals surface area contributed by atoms with E-state index in [2.05, 4.69) is 0 Å². The number of ether oxygens (including phenoxy) is 1. The maximum absolute atomic E-state index is 11.9. The van der Waals surface area contributed by atoms with Gasteiger partial charge in [0.25, 0.3) is 11.1 Å². The smallest absolute Gasteiger partial charge is 0.323 e. The van der Waals surface area contributed by atoms with Crippen LogP contribution in [0, 0.1) is 0 Å². The van der Waals surface area contributed by atoms with Gasteiger partial charge >= 0.3 is 5.97 Å². The second-order valence-corrected chi connectivity index (χ2v) is 4.93. The summed E-state index contributed by atoms with van der Waals surface area (Å²) in [6.07, 6.45) is 1.55. The number of hydrogen-bond donors (Lipinski definition) is 1. The Kier molecular flexibility index (Phi) is 4.09. The summed E-state index contributed by atoms with van der Waals surface area (Å²) in [6.45, 7) is -0.620. The summed E-state index contributed by atoms with van der Waals surface area (Å²) in [5.74, 6) is -1.13. The molecule has 1 N–H and O–H groups in total. The number of carbonyl (C=O) groups is 3. The number of benzene rings is 1. The van der Waals surface area contributed by atoms with Crippen LogP contribution in [0.1, 0.15) is 5.56 Å². The van der Waals surface area contributed by atoms with Gasteiger partial charge in [0.05, 0.1) is 12.0 Å². The Bertz CT molecular complexity index is 593. The number of aliphatic carboxylic acids is 1. The molecule has 0 radical (unpaired) electrons. The number of amides is 2. The van der Waals surface area contributed by atoms with Crippen LogP contribution in [0.3, 0.4) is 0 Å². The van der Waals surface area contributed by atoms with Crippen LogP contribution in [-0.2, 0) is 9.59 Å². The summed E-state index contributed by atoms with van der Waals surface area (Å²) in [6, 6.07) is 6.94. The van der Waals surface area contributed by atoms with Crippen LogP contribution in [0.25, 0.3) is 6.08 Å². The summed E-state index contributed by atoms with van der Waals surface area (Å²) in [5, 5.41) is 8.08. The number of rotatable bonds is 4. The van der Waals surface area contributed by atoms with Crippen LogP contribution in [0.4, 0.5) is 4.79 Å². The van der Waals surface area contributed by atoms with E-state index in [0.29, 0.717) is 10.6 Å². The van der Waals surface area contributed by atoms with Crippen LogP contribution in [0.15, 0.2) is 29.2 Å². The SMILES string of the molecule is COc1ccc(C=C2SC(=O)N(CC(=O)O)C2=O)cc1. The highest BCUT2D eigenvalue weighted by atomic mass is 32.2. The monoisotopic (exact) mass is 293 g/mol. The maximum Gasteiger partial charge on any atom is 0.323 e. The van der Waals surface area contributed by atoms with E-state index in [1.54, 1.807) is 37.5 Å². The molecular weight excluding hydrogens is 282 g/mol. The number of carbonyl (C=O) groups excluding carboxylic acids is 2. The quantitative estimate of drug-likeness (QED) is 0.852. The highest BCUT2D eigenvalue weighted by Gasteiger charge is 2.36. The highest BCUT2D eigenvalue weighted by molar-refractivity contribution is 8.18. The van der Waals surface area contributed by atoms with Gasteiger partial charge in [0.1, 0.15) is 12.3 Å². The zero-order chi connectivity index (χ0) is 14.7. The summed E-state index contributed by atoms with van der Waals surface area (Å²) >= 11 is 0.733. The van der Waals surface area contributed by atoms with Gasteiger partial charge in [0.2, 0.25) is 0 Å². The largest absolute Gasteiger partial charge is 0.497 e. The first kappa shape index (κ1) is 14.1. The minimum atomic E-state index is -1.22. The van der Waals surface area contributed by atoms with E-state index in [0.717, 1.165) is 17.3 Å². The third-order valence-electron chi connectivity index (χ3n) is 2.58. The second-order valence-electron chi connectivity index (χ2n) is 3.93. The van der Waals surface area contributed by atoms with E-state index in [1.807, 2.05) is 0 Å². The summed E-state index contributed by atoms with van der Waals surface area (Å²) in [4.78, 5) is 35.0. The van der Waals surface area contributed by atoms with Gasteiger partial charge in [0.15, 0.2) is 0 Å². The van der Waals surface area contributed by atoms with Crippen LogP contribution >= 0.6 is 11.8 Å². The Morgan fingerprint density at radius 2 is 2.00 bits per heavy atom. The molecule has 1 aliphatic heterocycles. The van der Waals surface area contributed by atoms with Crippen molar-refractivity contribution in [1.29, 1.82) is 0 Å². The number of imide groups is 1. The molecule has 104 valence electrons. The molecule has 0 saturated carbocycles. The third-order valence-corrected chi connectivity index (χ3v) is 3.49. The number of hydrogen-bond acceptors (Lipinski definition) is 5. The van der Waals surface area contributed by atoms with E-state index in [-0.39, 0.29) is 4.91 Å². The average molecular weight is 293 g/mol. The Hall–Kier alpha value is -2.28. The first-order valence-electron chi connectivity index (χ1n) is 5.62. The predicted octanol–water partition coefficient (Wildman–Crippen LogP) is 1.82. The van der Waals surface area contributed by atoms with Crippen molar-refractivity contribution >= 4 is 35.0 Å². The Morgan fingerprint density at radius 1 is 1.35 bits per heavy atom. The summed E-state index contributed by atoms with van der Waals surface area (Å²) < 4.78 is 5.02. The summed E-state index contributed by atoms with van der Waals surface area (Å²) in [7, 11) is 1.55. The van der Waals surface area contributed by atoms with Crippen LogP contribution in [0.5, 0.6) is 5.75 Å². The molecule has 0 aliphatic carbocycles. The minimum Gasteiger partial charge on any atom is -0.497 e. The molecule has 2 rings (SSSR count). The van der Waals surface area contributed by atoms with E-state index in [9.17, 15) is 14.4 Å². The van der Waals surface area contributed by atoms with Gasteiger partial charge in [-0.05, 0) is 35.5 Å². The van der Waals surface area contributed by atoms with Gasteiger partial charge in [-0.2, -0.15) is 0 Å². The molecule has 0 bridgehead atoms. The van der Waals surface area contributed by atoms with Crippen LogP contribution < -0.4 is 4.74 Å². The number of carboxylic acids is 1. The van der Waals surface area contributed by atoms with Crippen molar-refractivity contribution in [2.45, 2.75) is 0 Å². The topological polar surface area (TPSA) is 83.9 Å². The Labute approximate surface area is 119 Å². The molecule has 0 spiro atoms. The normalized spacial score (nSPS) is 16.9. The molecular formula is C13H11NO5S. The molecule has 1 heterocycles. The number of nitrogens with zero attached hydrogens (tertiary/aromatic N) is 1. The standard InChI is InChI=1S/C13H11NO5S/c1-19-9-4-2-8(3-5-9)6-10-12(17)14(7-11(15)16)13(18)20-10/h2-6H,7H2,1H3,(H,15,16). The zero-order valence-electron chi connectivity index (χ0n) is 10.5. The van der Waals surface area contributed by atoms with Gasteiger partial charge in [0, 0.05) is 0 Å². The lowest BCUT2D eigenvalue weighted by Gasteiger charge is -2.07. The zero-order valence-corrected chi connectivity index (χ0v) is 11.3. The van der Waals surface area contributed by atoms with Crippen molar-refractivity contribution in [2.24, 2.45) is 0 Å². The molecule has 0 atom stereocenters. The second kappa shape index (κ2) is 5.79. The van der Waals surface area contributed by atoms with Crippen molar-refractivity contribution in [2.75, 3.05) is 13.7 Å². The summed E-state index contributed by atoms with van der Waals surface area (Å²) in [5.41, 5.74) is 0.728. The van der Waals surface area contributed by atoms with Crippen LogP contribution in [0.2, 0.25) is 0 Å². The van der Waals surface area contributed by atoms with Gasteiger partial charge in [-0.25, -0.2) is 0 Å². The first-order valence-corrected chi connectivity index (χ1v) is 6.44. The molecule has 1 aliphatic rings. The molecule has 1 fully saturated rings. The lowest BCUT2D eigenvalue weighted by Crippen LogP contribution is -2.33. The van der Waals surface area contributed by atoms with Gasteiger partial charge in [-0.3, -0.25) is 19.3 Å². The Morgan fingerprint density at radius 3 is 2.55 bits per heavy atom. The van der Waals surface area contributed by atoms with Crippen molar-refractivity contribution in [1.82, 2.24) is 4.90 Å². The predicted molar refractivity (Wildman–Crippen MR) is 73.3 cm³/mol. The van der Waals surface area contributed by atoms with Crippen molar-refractivity contribution in [3.05, 3.63) is 34.7 Å². The lowest BCUT2D eigenvalue weighted by atomic mass is 10.2. The maximum atomic E-state index is 11.9. The molecule has 0 unspecified atom stereocenters. The van der Waals surface area contributed by atoms with Crippen molar-refractivity contribution < 1.29 is 24.2 Å². The first-order chi connectivity index (χ1) is 9.51. The highest BCUT2D eigenvalue weighted by Crippen LogP contribution is 2.32.